The Morgan fingerprint density at radius 2 is 1.95 bits per heavy atom. The largest absolute Gasteiger partial charge is 0.381 e. The molecule has 0 aromatic rings. The van der Waals surface area contributed by atoms with Gasteiger partial charge in [-0.1, -0.05) is 26.2 Å². The molecule has 0 unspecified atom stereocenters. The van der Waals surface area contributed by atoms with Gasteiger partial charge in [-0.2, -0.15) is 0 Å². The first-order chi connectivity index (χ1) is 9.86. The number of rotatable bonds is 12. The molecule has 0 bridgehead atoms. The van der Waals surface area contributed by atoms with Crippen molar-refractivity contribution in [3.63, 3.8) is 0 Å². The van der Waals surface area contributed by atoms with E-state index in [1.807, 2.05) is 0 Å². The minimum Gasteiger partial charge on any atom is -0.381 e. The molecule has 118 valence electrons. The summed E-state index contributed by atoms with van der Waals surface area (Å²) in [4.78, 5) is 4.58. The molecule has 2 N–H and O–H groups in total. The summed E-state index contributed by atoms with van der Waals surface area (Å²) in [6, 6.07) is 0. The fraction of sp³-hybridized carbons (Fsp3) is 0.938. The Kier molecular flexibility index (Phi) is 10.4. The molecular weight excluding hydrogens is 250 g/mol. The Balaban J connectivity index is 2.00. The maximum atomic E-state index is 5.61. The minimum atomic E-state index is 0.842. The zero-order valence-corrected chi connectivity index (χ0v) is 13.4. The molecule has 4 heteroatoms. The van der Waals surface area contributed by atoms with Gasteiger partial charge in [0, 0.05) is 32.8 Å². The lowest BCUT2D eigenvalue weighted by Gasteiger charge is -2.11. The van der Waals surface area contributed by atoms with Crippen LogP contribution in [-0.4, -0.2) is 38.8 Å². The van der Waals surface area contributed by atoms with E-state index in [-0.39, 0.29) is 0 Å². The van der Waals surface area contributed by atoms with E-state index < -0.39 is 0 Å². The maximum Gasteiger partial charge on any atom is 0.191 e. The summed E-state index contributed by atoms with van der Waals surface area (Å²) in [5.74, 6) is 1.81. The third-order valence-electron chi connectivity index (χ3n) is 3.43. The van der Waals surface area contributed by atoms with Gasteiger partial charge in [0.15, 0.2) is 5.96 Å². The van der Waals surface area contributed by atoms with Crippen LogP contribution in [0, 0.1) is 5.92 Å². The lowest BCUT2D eigenvalue weighted by atomic mass is 10.2. The van der Waals surface area contributed by atoms with E-state index in [1.165, 1.54) is 38.5 Å². The van der Waals surface area contributed by atoms with Crippen molar-refractivity contribution in [3.8, 4) is 0 Å². The number of nitrogens with zero attached hydrogens (tertiary/aromatic N) is 1. The van der Waals surface area contributed by atoms with Gasteiger partial charge in [0.2, 0.25) is 0 Å². The predicted molar refractivity (Wildman–Crippen MR) is 86.3 cm³/mol. The number of hydrogen-bond donors (Lipinski definition) is 2. The van der Waals surface area contributed by atoms with Crippen LogP contribution in [0.5, 0.6) is 0 Å². The van der Waals surface area contributed by atoms with Crippen molar-refractivity contribution in [2.24, 2.45) is 10.9 Å². The van der Waals surface area contributed by atoms with Gasteiger partial charge < -0.3 is 15.4 Å². The van der Waals surface area contributed by atoms with Gasteiger partial charge in [0.1, 0.15) is 0 Å². The Bertz CT molecular complexity index is 252. The monoisotopic (exact) mass is 283 g/mol. The van der Waals surface area contributed by atoms with Crippen LogP contribution in [0.2, 0.25) is 0 Å². The first kappa shape index (κ1) is 17.3. The molecule has 1 rings (SSSR count). The van der Waals surface area contributed by atoms with Crippen LogP contribution < -0.4 is 10.6 Å². The minimum absolute atomic E-state index is 0.842. The molecule has 0 aromatic carbocycles. The van der Waals surface area contributed by atoms with Crippen LogP contribution >= 0.6 is 0 Å². The smallest absolute Gasteiger partial charge is 0.191 e. The van der Waals surface area contributed by atoms with E-state index in [0.717, 1.165) is 51.1 Å². The quantitative estimate of drug-likeness (QED) is 0.329. The SMILES string of the molecule is CCCCCCNC(=NCCCOCC1CC1)NCC. The lowest BCUT2D eigenvalue weighted by molar-refractivity contribution is 0.123. The third kappa shape index (κ3) is 10.1. The molecule has 20 heavy (non-hydrogen) atoms. The van der Waals surface area contributed by atoms with Gasteiger partial charge in [-0.3, -0.25) is 4.99 Å². The molecule has 0 amide bonds. The fourth-order valence-electron chi connectivity index (χ4n) is 1.99. The first-order valence-electron chi connectivity index (χ1n) is 8.46. The number of ether oxygens (including phenoxy) is 1. The Morgan fingerprint density at radius 1 is 1.10 bits per heavy atom. The summed E-state index contributed by atoms with van der Waals surface area (Å²) >= 11 is 0. The molecule has 0 heterocycles. The maximum absolute atomic E-state index is 5.61. The Hall–Kier alpha value is -0.770. The van der Waals surface area contributed by atoms with Crippen molar-refractivity contribution < 1.29 is 4.74 Å². The van der Waals surface area contributed by atoms with E-state index >= 15 is 0 Å². The summed E-state index contributed by atoms with van der Waals surface area (Å²) in [7, 11) is 0. The second kappa shape index (κ2) is 12.0. The van der Waals surface area contributed by atoms with E-state index in [9.17, 15) is 0 Å². The molecule has 0 atom stereocenters. The van der Waals surface area contributed by atoms with Crippen molar-refractivity contribution >= 4 is 5.96 Å². The summed E-state index contributed by atoms with van der Waals surface area (Å²) in [5.41, 5.74) is 0. The van der Waals surface area contributed by atoms with Crippen LogP contribution in [0.3, 0.4) is 0 Å². The van der Waals surface area contributed by atoms with Crippen molar-refractivity contribution in [3.05, 3.63) is 0 Å². The van der Waals surface area contributed by atoms with Crippen molar-refractivity contribution in [2.75, 3.05) is 32.8 Å². The Morgan fingerprint density at radius 3 is 2.65 bits per heavy atom. The second-order valence-electron chi connectivity index (χ2n) is 5.62. The van der Waals surface area contributed by atoms with E-state index in [1.54, 1.807) is 0 Å². The topological polar surface area (TPSA) is 45.7 Å². The standard InChI is InChI=1S/C16H33N3O/c1-3-5-6-7-11-18-16(17-4-2)19-12-8-13-20-14-15-9-10-15/h15H,3-14H2,1-2H3,(H2,17,18,19). The highest BCUT2D eigenvalue weighted by Gasteiger charge is 2.20. The van der Waals surface area contributed by atoms with Crippen molar-refractivity contribution in [1.82, 2.24) is 10.6 Å². The summed E-state index contributed by atoms with van der Waals surface area (Å²) in [5, 5.41) is 6.69. The zero-order valence-electron chi connectivity index (χ0n) is 13.4. The van der Waals surface area contributed by atoms with Gasteiger partial charge in [-0.05, 0) is 38.5 Å². The molecular formula is C16H33N3O. The van der Waals surface area contributed by atoms with Gasteiger partial charge in [0.25, 0.3) is 0 Å². The van der Waals surface area contributed by atoms with E-state index in [4.69, 9.17) is 4.74 Å². The number of guanidine groups is 1. The van der Waals surface area contributed by atoms with Crippen LogP contribution in [0.15, 0.2) is 4.99 Å². The van der Waals surface area contributed by atoms with Gasteiger partial charge >= 0.3 is 0 Å². The lowest BCUT2D eigenvalue weighted by Crippen LogP contribution is -2.37. The predicted octanol–water partition coefficient (Wildman–Crippen LogP) is 2.94. The van der Waals surface area contributed by atoms with Crippen LogP contribution in [0.25, 0.3) is 0 Å². The average Bonchev–Trinajstić information content (AvgIpc) is 3.26. The van der Waals surface area contributed by atoms with Crippen LogP contribution in [-0.2, 0) is 4.74 Å². The molecule has 0 radical (unpaired) electrons. The Labute approximate surface area is 124 Å². The molecule has 1 saturated carbocycles. The zero-order chi connectivity index (χ0) is 14.5. The normalized spacial score (nSPS) is 15.4. The number of aliphatic imine (C=N–C) groups is 1. The molecule has 0 aliphatic heterocycles. The summed E-state index contributed by atoms with van der Waals surface area (Å²) < 4.78 is 5.61. The van der Waals surface area contributed by atoms with Gasteiger partial charge in [0.05, 0.1) is 0 Å². The molecule has 1 aliphatic rings. The molecule has 1 fully saturated rings. The third-order valence-corrected chi connectivity index (χ3v) is 3.43. The van der Waals surface area contributed by atoms with E-state index in [2.05, 4.69) is 29.5 Å². The van der Waals surface area contributed by atoms with Crippen LogP contribution in [0.4, 0.5) is 0 Å². The fourth-order valence-corrected chi connectivity index (χ4v) is 1.99. The highest BCUT2D eigenvalue weighted by Crippen LogP contribution is 2.28. The summed E-state index contributed by atoms with van der Waals surface area (Å²) in [6.45, 7) is 8.92. The molecule has 0 aromatic heterocycles. The van der Waals surface area contributed by atoms with Gasteiger partial charge in [-0.25, -0.2) is 0 Å². The highest BCUT2D eigenvalue weighted by atomic mass is 16.5. The average molecular weight is 283 g/mol. The number of unbranched alkanes of at least 4 members (excludes halogenated alkanes) is 3. The number of nitrogens with one attached hydrogen (secondary N) is 2. The second-order valence-corrected chi connectivity index (χ2v) is 5.62. The molecule has 0 spiro atoms. The van der Waals surface area contributed by atoms with Crippen molar-refractivity contribution in [2.45, 2.75) is 58.8 Å². The molecule has 1 aliphatic carbocycles. The van der Waals surface area contributed by atoms with E-state index in [0.29, 0.717) is 0 Å². The van der Waals surface area contributed by atoms with Crippen LogP contribution in [0.1, 0.15) is 58.8 Å². The molecule has 4 nitrogen and oxygen atoms in total. The molecule has 0 saturated heterocycles. The first-order valence-corrected chi connectivity index (χ1v) is 8.46. The number of hydrogen-bond acceptors (Lipinski definition) is 2. The summed E-state index contributed by atoms with van der Waals surface area (Å²) in [6.07, 6.45) is 8.89. The highest BCUT2D eigenvalue weighted by molar-refractivity contribution is 5.79. The van der Waals surface area contributed by atoms with Gasteiger partial charge in [-0.15, -0.1) is 0 Å². The van der Waals surface area contributed by atoms with Crippen molar-refractivity contribution in [1.29, 1.82) is 0 Å².